The zero-order chi connectivity index (χ0) is 15.4. The second-order valence-electron chi connectivity index (χ2n) is 5.32. The molecule has 6 nitrogen and oxygen atoms in total. The van der Waals surface area contributed by atoms with Crippen molar-refractivity contribution in [2.45, 2.75) is 31.8 Å². The minimum absolute atomic E-state index is 0.0549. The lowest BCUT2D eigenvalue weighted by molar-refractivity contribution is -0.384. The highest BCUT2D eigenvalue weighted by molar-refractivity contribution is 6.33. The SMILES string of the molecule is O=C(NCC1CCCC(O)C1)c1ccc([N+](=O)[O-])c(Cl)c1. The number of nitro benzene ring substituents is 1. The fraction of sp³-hybridized carbons (Fsp3) is 0.500. The molecule has 0 aliphatic heterocycles. The van der Waals surface area contributed by atoms with Gasteiger partial charge in [0.15, 0.2) is 0 Å². The molecule has 2 N–H and O–H groups in total. The highest BCUT2D eigenvalue weighted by Crippen LogP contribution is 2.26. The van der Waals surface area contributed by atoms with Gasteiger partial charge in [-0.15, -0.1) is 0 Å². The molecule has 0 radical (unpaired) electrons. The van der Waals surface area contributed by atoms with Crippen LogP contribution < -0.4 is 5.32 Å². The van der Waals surface area contributed by atoms with Gasteiger partial charge in [-0.05, 0) is 37.3 Å². The Hall–Kier alpha value is -1.66. The maximum atomic E-state index is 12.0. The fourth-order valence-electron chi connectivity index (χ4n) is 2.58. The van der Waals surface area contributed by atoms with Crippen molar-refractivity contribution >= 4 is 23.2 Å². The number of amides is 1. The van der Waals surface area contributed by atoms with Gasteiger partial charge in [-0.2, -0.15) is 0 Å². The van der Waals surface area contributed by atoms with Crippen molar-refractivity contribution in [3.05, 3.63) is 38.9 Å². The van der Waals surface area contributed by atoms with Crippen LogP contribution >= 0.6 is 11.6 Å². The summed E-state index contributed by atoms with van der Waals surface area (Å²) in [6.07, 6.45) is 3.18. The monoisotopic (exact) mass is 312 g/mol. The number of nitrogens with one attached hydrogen (secondary N) is 1. The van der Waals surface area contributed by atoms with E-state index in [9.17, 15) is 20.0 Å². The molecule has 0 spiro atoms. The molecule has 1 saturated carbocycles. The van der Waals surface area contributed by atoms with Gasteiger partial charge in [0.05, 0.1) is 11.0 Å². The van der Waals surface area contributed by atoms with Gasteiger partial charge in [0.25, 0.3) is 11.6 Å². The first-order chi connectivity index (χ1) is 9.97. The van der Waals surface area contributed by atoms with E-state index in [0.29, 0.717) is 18.5 Å². The standard InChI is InChI=1S/C14H17ClN2O4/c15-12-7-10(4-5-13(12)17(20)21)14(19)16-8-9-2-1-3-11(18)6-9/h4-5,7,9,11,18H,1-3,6,8H2,(H,16,19). The van der Waals surface area contributed by atoms with Crippen LogP contribution in [0.25, 0.3) is 0 Å². The number of nitrogens with zero attached hydrogens (tertiary/aromatic N) is 1. The molecule has 0 aromatic heterocycles. The van der Waals surface area contributed by atoms with Crippen molar-refractivity contribution in [3.63, 3.8) is 0 Å². The van der Waals surface area contributed by atoms with Crippen molar-refractivity contribution < 1.29 is 14.8 Å². The van der Waals surface area contributed by atoms with E-state index in [-0.39, 0.29) is 28.6 Å². The number of aliphatic hydroxyl groups excluding tert-OH is 1. The summed E-state index contributed by atoms with van der Waals surface area (Å²) >= 11 is 5.78. The quantitative estimate of drug-likeness (QED) is 0.660. The molecule has 7 heteroatoms. The Labute approximate surface area is 127 Å². The number of benzene rings is 1. The number of halogens is 1. The molecule has 1 aliphatic carbocycles. The van der Waals surface area contributed by atoms with Crippen molar-refractivity contribution in [2.75, 3.05) is 6.54 Å². The maximum Gasteiger partial charge on any atom is 0.287 e. The first-order valence-electron chi connectivity index (χ1n) is 6.87. The Morgan fingerprint density at radius 1 is 1.48 bits per heavy atom. The molecule has 0 saturated heterocycles. The predicted molar refractivity (Wildman–Crippen MR) is 78.4 cm³/mol. The lowest BCUT2D eigenvalue weighted by Gasteiger charge is -2.25. The number of hydrogen-bond acceptors (Lipinski definition) is 4. The summed E-state index contributed by atoms with van der Waals surface area (Å²) in [7, 11) is 0. The predicted octanol–water partition coefficient (Wildman–Crippen LogP) is 2.53. The zero-order valence-corrected chi connectivity index (χ0v) is 12.2. The first-order valence-corrected chi connectivity index (χ1v) is 7.25. The van der Waals surface area contributed by atoms with Crippen LogP contribution in [0.5, 0.6) is 0 Å². The molecule has 2 atom stereocenters. The Morgan fingerprint density at radius 3 is 2.86 bits per heavy atom. The first kappa shape index (κ1) is 15.7. The van der Waals surface area contributed by atoms with E-state index in [0.717, 1.165) is 19.3 Å². The highest BCUT2D eigenvalue weighted by atomic mass is 35.5. The molecule has 1 aromatic carbocycles. The largest absolute Gasteiger partial charge is 0.393 e. The molecule has 21 heavy (non-hydrogen) atoms. The van der Waals surface area contributed by atoms with Gasteiger partial charge in [-0.25, -0.2) is 0 Å². The fourth-order valence-corrected chi connectivity index (χ4v) is 2.83. The van der Waals surface area contributed by atoms with Crippen molar-refractivity contribution in [1.82, 2.24) is 5.32 Å². The van der Waals surface area contributed by atoms with E-state index in [1.807, 2.05) is 0 Å². The van der Waals surface area contributed by atoms with Gasteiger partial charge < -0.3 is 10.4 Å². The van der Waals surface area contributed by atoms with Crippen LogP contribution in [0.15, 0.2) is 18.2 Å². The van der Waals surface area contributed by atoms with Crippen molar-refractivity contribution in [1.29, 1.82) is 0 Å². The molecule has 2 unspecified atom stereocenters. The summed E-state index contributed by atoms with van der Waals surface area (Å²) in [5.74, 6) is -0.0434. The van der Waals surface area contributed by atoms with Gasteiger partial charge in [-0.1, -0.05) is 18.0 Å². The highest BCUT2D eigenvalue weighted by Gasteiger charge is 2.21. The Morgan fingerprint density at radius 2 is 2.24 bits per heavy atom. The van der Waals surface area contributed by atoms with Crippen molar-refractivity contribution in [2.24, 2.45) is 5.92 Å². The lowest BCUT2D eigenvalue weighted by atomic mass is 9.87. The molecular formula is C14H17ClN2O4. The molecule has 2 rings (SSSR count). The summed E-state index contributed by atoms with van der Waals surface area (Å²) in [5.41, 5.74) is 0.0746. The van der Waals surface area contributed by atoms with Crippen LogP contribution in [0, 0.1) is 16.0 Å². The molecule has 1 aromatic rings. The van der Waals surface area contributed by atoms with Gasteiger partial charge in [0.2, 0.25) is 0 Å². The second-order valence-corrected chi connectivity index (χ2v) is 5.73. The van der Waals surface area contributed by atoms with Crippen molar-refractivity contribution in [3.8, 4) is 0 Å². The molecule has 0 heterocycles. The normalized spacial score (nSPS) is 21.8. The number of carbonyl (C=O) groups excluding carboxylic acids is 1. The third kappa shape index (κ3) is 4.15. The Bertz CT molecular complexity index is 550. The summed E-state index contributed by atoms with van der Waals surface area (Å²) in [5, 5.41) is 23.0. The molecule has 1 aliphatic rings. The third-order valence-electron chi connectivity index (χ3n) is 3.71. The van der Waals surface area contributed by atoms with Crippen LogP contribution in [-0.4, -0.2) is 28.6 Å². The number of nitro groups is 1. The maximum absolute atomic E-state index is 12.0. The minimum Gasteiger partial charge on any atom is -0.393 e. The second kappa shape index (κ2) is 6.87. The number of aliphatic hydroxyl groups is 1. The van der Waals surface area contributed by atoms with Crippen LogP contribution in [0.2, 0.25) is 5.02 Å². The average Bonchev–Trinajstić information content (AvgIpc) is 2.44. The molecule has 0 bridgehead atoms. The van der Waals surface area contributed by atoms with Crippen LogP contribution in [0.3, 0.4) is 0 Å². The van der Waals surface area contributed by atoms with E-state index in [1.165, 1.54) is 18.2 Å². The smallest absolute Gasteiger partial charge is 0.287 e. The molecule has 114 valence electrons. The number of carbonyl (C=O) groups is 1. The number of rotatable bonds is 4. The molecule has 1 amide bonds. The van der Waals surface area contributed by atoms with E-state index < -0.39 is 4.92 Å². The average molecular weight is 313 g/mol. The van der Waals surface area contributed by atoms with Crippen LogP contribution in [0.1, 0.15) is 36.0 Å². The van der Waals surface area contributed by atoms with Gasteiger partial charge in [0.1, 0.15) is 5.02 Å². The molecular weight excluding hydrogens is 296 g/mol. The van der Waals surface area contributed by atoms with Gasteiger partial charge >= 0.3 is 0 Å². The summed E-state index contributed by atoms with van der Waals surface area (Å²) < 4.78 is 0. The zero-order valence-electron chi connectivity index (χ0n) is 11.4. The third-order valence-corrected chi connectivity index (χ3v) is 4.02. The van der Waals surface area contributed by atoms with E-state index in [2.05, 4.69) is 5.32 Å². The Kier molecular flexibility index (Phi) is 5.14. The molecule has 1 fully saturated rings. The van der Waals surface area contributed by atoms with E-state index >= 15 is 0 Å². The minimum atomic E-state index is -0.590. The van der Waals surface area contributed by atoms with Gasteiger partial charge in [0, 0.05) is 18.2 Å². The number of hydrogen-bond donors (Lipinski definition) is 2. The summed E-state index contributed by atoms with van der Waals surface area (Å²) in [6.45, 7) is 0.491. The van der Waals surface area contributed by atoms with Crippen LogP contribution in [-0.2, 0) is 0 Å². The summed E-state index contributed by atoms with van der Waals surface area (Å²) in [6, 6.07) is 3.90. The van der Waals surface area contributed by atoms with Gasteiger partial charge in [-0.3, -0.25) is 14.9 Å². The lowest BCUT2D eigenvalue weighted by Crippen LogP contribution is -2.32. The topological polar surface area (TPSA) is 92.5 Å². The van der Waals surface area contributed by atoms with E-state index in [1.54, 1.807) is 0 Å². The summed E-state index contributed by atoms with van der Waals surface area (Å²) in [4.78, 5) is 22.1. The van der Waals surface area contributed by atoms with Crippen LogP contribution in [0.4, 0.5) is 5.69 Å². The Balaban J connectivity index is 1.94. The van der Waals surface area contributed by atoms with E-state index in [4.69, 9.17) is 11.6 Å².